The normalized spacial score (nSPS) is 12.9. The van der Waals surface area contributed by atoms with Crippen molar-refractivity contribution in [1.82, 2.24) is 4.98 Å². The number of thiazole rings is 1. The summed E-state index contributed by atoms with van der Waals surface area (Å²) in [5.74, 6) is 0.718. The molecule has 1 aromatic carbocycles. The van der Waals surface area contributed by atoms with E-state index in [-0.39, 0.29) is 0 Å². The van der Waals surface area contributed by atoms with Crippen LogP contribution in [-0.4, -0.2) is 14.9 Å². The quantitative estimate of drug-likeness (QED) is 0.651. The lowest BCUT2D eigenvalue weighted by atomic mass is 10.2. The molecule has 2 rings (SSSR count). The van der Waals surface area contributed by atoms with Gasteiger partial charge >= 0.3 is 0 Å². The number of nitrogens with zero attached hydrogens (tertiary/aromatic N) is 1. The van der Waals surface area contributed by atoms with Gasteiger partial charge in [-0.1, -0.05) is 26.2 Å². The summed E-state index contributed by atoms with van der Waals surface area (Å²) in [6.45, 7) is 2.18. The molecule has 0 aliphatic rings. The molecular weight excluding hydrogens is 264 g/mol. The Bertz CT molecular complexity index is 551. The van der Waals surface area contributed by atoms with Gasteiger partial charge in [0.05, 0.1) is 21.0 Å². The lowest BCUT2D eigenvalue weighted by Gasteiger charge is -1.97. The number of unbranched alkanes of at least 4 members (excludes halogenated alkanes) is 3. The second-order valence-electron chi connectivity index (χ2n) is 4.32. The lowest BCUT2D eigenvalue weighted by Crippen LogP contribution is -1.97. The average Bonchev–Trinajstić information content (AvgIpc) is 2.77. The Hall–Kier alpha value is -0.940. The van der Waals surface area contributed by atoms with Crippen LogP contribution in [0.4, 0.5) is 5.69 Å². The Kier molecular flexibility index (Phi) is 4.72. The molecule has 1 aromatic heterocycles. The Morgan fingerprint density at radius 3 is 2.94 bits per heavy atom. The van der Waals surface area contributed by atoms with E-state index in [1.165, 1.54) is 24.2 Å². The Balaban J connectivity index is 2.04. The molecule has 0 amide bonds. The van der Waals surface area contributed by atoms with Crippen LogP contribution in [0.5, 0.6) is 0 Å². The van der Waals surface area contributed by atoms with Crippen LogP contribution in [0.3, 0.4) is 0 Å². The summed E-state index contributed by atoms with van der Waals surface area (Å²) in [6.07, 6.45) is 4.58. The van der Waals surface area contributed by atoms with Gasteiger partial charge in [0, 0.05) is 11.4 Å². The van der Waals surface area contributed by atoms with E-state index in [1.807, 2.05) is 18.2 Å². The first-order valence-electron chi connectivity index (χ1n) is 6.25. The van der Waals surface area contributed by atoms with E-state index in [0.717, 1.165) is 38.8 Å². The van der Waals surface area contributed by atoms with Crippen LogP contribution < -0.4 is 5.73 Å². The highest BCUT2D eigenvalue weighted by atomic mass is 32.2. The van der Waals surface area contributed by atoms with Gasteiger partial charge in [0.2, 0.25) is 0 Å². The van der Waals surface area contributed by atoms with Gasteiger partial charge in [-0.05, 0) is 24.6 Å². The van der Waals surface area contributed by atoms with Crippen molar-refractivity contribution in [1.29, 1.82) is 0 Å². The maximum absolute atomic E-state index is 12.1. The molecule has 0 saturated carbocycles. The first-order chi connectivity index (χ1) is 8.70. The van der Waals surface area contributed by atoms with Gasteiger partial charge in [-0.15, -0.1) is 11.3 Å². The number of rotatable bonds is 6. The summed E-state index contributed by atoms with van der Waals surface area (Å²) in [7, 11) is -0.960. The number of fused-ring (bicyclic) bond motifs is 1. The molecule has 98 valence electrons. The molecule has 0 saturated heterocycles. The van der Waals surface area contributed by atoms with Crippen LogP contribution in [-0.2, 0) is 10.8 Å². The van der Waals surface area contributed by atoms with Crippen LogP contribution in [0.2, 0.25) is 0 Å². The molecule has 0 spiro atoms. The summed E-state index contributed by atoms with van der Waals surface area (Å²) < 4.78 is 13.8. The second-order valence-corrected chi connectivity index (χ2v) is 7.09. The van der Waals surface area contributed by atoms with Gasteiger partial charge in [-0.25, -0.2) is 4.98 Å². The molecule has 5 heteroatoms. The number of anilines is 1. The predicted molar refractivity (Wildman–Crippen MR) is 79.4 cm³/mol. The van der Waals surface area contributed by atoms with E-state index in [2.05, 4.69) is 11.9 Å². The molecule has 1 heterocycles. The van der Waals surface area contributed by atoms with Crippen molar-refractivity contribution < 1.29 is 4.21 Å². The zero-order valence-electron chi connectivity index (χ0n) is 10.5. The molecular formula is C13H18N2OS2. The molecule has 18 heavy (non-hydrogen) atoms. The number of hydrogen-bond donors (Lipinski definition) is 1. The minimum atomic E-state index is -0.960. The number of nitrogens with two attached hydrogens (primary N) is 1. The fourth-order valence-corrected chi connectivity index (χ4v) is 4.24. The molecule has 3 nitrogen and oxygen atoms in total. The van der Waals surface area contributed by atoms with Crippen molar-refractivity contribution >= 4 is 38.0 Å². The second kappa shape index (κ2) is 6.29. The number of hydrogen-bond acceptors (Lipinski definition) is 4. The van der Waals surface area contributed by atoms with E-state index in [1.54, 1.807) is 0 Å². The van der Waals surface area contributed by atoms with Gasteiger partial charge in [0.25, 0.3) is 0 Å². The molecule has 0 radical (unpaired) electrons. The summed E-state index contributed by atoms with van der Waals surface area (Å²) in [5.41, 5.74) is 7.35. The first kappa shape index (κ1) is 13.5. The number of nitrogen functional groups attached to an aromatic ring is 1. The highest BCUT2D eigenvalue weighted by Gasteiger charge is 2.10. The standard InChI is InChI=1S/C13H18N2OS2/c1-2-3-4-5-8-18(16)13-15-11-7-6-10(14)9-12(11)17-13/h6-7,9H,2-5,8,14H2,1H3. The summed E-state index contributed by atoms with van der Waals surface area (Å²) in [6, 6.07) is 5.61. The van der Waals surface area contributed by atoms with E-state index in [9.17, 15) is 4.21 Å². The van der Waals surface area contributed by atoms with Crippen LogP contribution in [0.25, 0.3) is 10.2 Å². The molecule has 0 aliphatic carbocycles. The molecule has 0 fully saturated rings. The molecule has 1 atom stereocenters. The minimum Gasteiger partial charge on any atom is -0.399 e. The Morgan fingerprint density at radius 1 is 1.33 bits per heavy atom. The predicted octanol–water partition coefficient (Wildman–Crippen LogP) is 3.57. The van der Waals surface area contributed by atoms with Crippen molar-refractivity contribution in [2.45, 2.75) is 36.9 Å². The van der Waals surface area contributed by atoms with Gasteiger partial charge < -0.3 is 5.73 Å². The molecule has 0 bridgehead atoms. The summed E-state index contributed by atoms with van der Waals surface area (Å²) in [4.78, 5) is 4.42. The van der Waals surface area contributed by atoms with Crippen molar-refractivity contribution in [2.75, 3.05) is 11.5 Å². The zero-order chi connectivity index (χ0) is 13.0. The molecule has 1 unspecified atom stereocenters. The van der Waals surface area contributed by atoms with Gasteiger partial charge in [-0.2, -0.15) is 0 Å². The number of benzene rings is 1. The lowest BCUT2D eigenvalue weighted by molar-refractivity contribution is 0.668. The van der Waals surface area contributed by atoms with E-state index >= 15 is 0 Å². The van der Waals surface area contributed by atoms with Crippen LogP contribution in [0.1, 0.15) is 32.6 Å². The highest BCUT2D eigenvalue weighted by Crippen LogP contribution is 2.26. The average molecular weight is 282 g/mol. The van der Waals surface area contributed by atoms with Crippen molar-refractivity contribution in [3.63, 3.8) is 0 Å². The largest absolute Gasteiger partial charge is 0.399 e. The number of aromatic nitrogens is 1. The third-order valence-corrected chi connectivity index (χ3v) is 5.53. The topological polar surface area (TPSA) is 56.0 Å². The van der Waals surface area contributed by atoms with Crippen molar-refractivity contribution in [2.24, 2.45) is 0 Å². The fourth-order valence-electron chi connectivity index (χ4n) is 1.76. The monoisotopic (exact) mass is 282 g/mol. The summed E-state index contributed by atoms with van der Waals surface area (Å²) in [5, 5.41) is 0. The fraction of sp³-hybridized carbons (Fsp3) is 0.462. The van der Waals surface area contributed by atoms with Crippen LogP contribution in [0.15, 0.2) is 22.5 Å². The molecule has 2 aromatic rings. The SMILES string of the molecule is CCCCCCS(=O)c1nc2ccc(N)cc2s1. The molecule has 2 N–H and O–H groups in total. The Morgan fingerprint density at radius 2 is 2.17 bits per heavy atom. The first-order valence-corrected chi connectivity index (χ1v) is 8.38. The Labute approximate surface area is 114 Å². The van der Waals surface area contributed by atoms with Gasteiger partial charge in [-0.3, -0.25) is 4.21 Å². The van der Waals surface area contributed by atoms with E-state index < -0.39 is 10.8 Å². The van der Waals surface area contributed by atoms with E-state index in [4.69, 9.17) is 5.73 Å². The maximum atomic E-state index is 12.1. The minimum absolute atomic E-state index is 0.718. The summed E-state index contributed by atoms with van der Waals surface area (Å²) >= 11 is 1.49. The highest BCUT2D eigenvalue weighted by molar-refractivity contribution is 7.87. The molecule has 0 aliphatic heterocycles. The van der Waals surface area contributed by atoms with Crippen molar-refractivity contribution in [3.8, 4) is 0 Å². The third kappa shape index (κ3) is 3.29. The van der Waals surface area contributed by atoms with E-state index in [0.29, 0.717) is 0 Å². The van der Waals surface area contributed by atoms with Crippen LogP contribution >= 0.6 is 11.3 Å². The maximum Gasteiger partial charge on any atom is 0.181 e. The van der Waals surface area contributed by atoms with Gasteiger partial charge in [0.15, 0.2) is 4.34 Å². The van der Waals surface area contributed by atoms with Crippen LogP contribution in [0, 0.1) is 0 Å². The smallest absolute Gasteiger partial charge is 0.181 e. The third-order valence-electron chi connectivity index (χ3n) is 2.77. The van der Waals surface area contributed by atoms with Gasteiger partial charge in [0.1, 0.15) is 0 Å². The van der Waals surface area contributed by atoms with Crippen molar-refractivity contribution in [3.05, 3.63) is 18.2 Å². The zero-order valence-corrected chi connectivity index (χ0v) is 12.1.